The van der Waals surface area contributed by atoms with Crippen LogP contribution in [0.15, 0.2) is 23.0 Å². The summed E-state index contributed by atoms with van der Waals surface area (Å²) in [6.45, 7) is 0.420. The highest BCUT2D eigenvalue weighted by Gasteiger charge is 2.34. The van der Waals surface area contributed by atoms with Crippen molar-refractivity contribution in [1.82, 2.24) is 5.32 Å². The molecule has 1 amide bonds. The molecule has 0 aromatic carbocycles. The Bertz CT molecular complexity index is 432. The van der Waals surface area contributed by atoms with Crippen molar-refractivity contribution in [2.45, 2.75) is 38.5 Å². The van der Waals surface area contributed by atoms with E-state index in [-0.39, 0.29) is 17.7 Å². The van der Waals surface area contributed by atoms with Crippen LogP contribution in [0.3, 0.4) is 0 Å². The van der Waals surface area contributed by atoms with E-state index in [1.807, 2.05) is 0 Å². The van der Waals surface area contributed by atoms with Gasteiger partial charge in [-0.25, -0.2) is 0 Å². The molecule has 1 fully saturated rings. The zero-order chi connectivity index (χ0) is 13.7. The normalized spacial score (nSPS) is 17.9. The van der Waals surface area contributed by atoms with E-state index in [2.05, 4.69) is 5.32 Å². The summed E-state index contributed by atoms with van der Waals surface area (Å²) < 4.78 is 4.86. The third-order valence-corrected chi connectivity index (χ3v) is 3.85. The number of carboxylic acids is 1. The average Bonchev–Trinajstić information content (AvgIpc) is 2.90. The average molecular weight is 265 g/mol. The lowest BCUT2D eigenvalue weighted by Gasteiger charge is -2.36. The van der Waals surface area contributed by atoms with Crippen LogP contribution in [0, 0.1) is 5.41 Å². The number of nitrogens with one attached hydrogen (secondary N) is 1. The first-order valence-electron chi connectivity index (χ1n) is 6.64. The van der Waals surface area contributed by atoms with E-state index in [0.29, 0.717) is 12.1 Å². The fourth-order valence-electron chi connectivity index (χ4n) is 2.80. The molecule has 1 saturated carbocycles. The summed E-state index contributed by atoms with van der Waals surface area (Å²) >= 11 is 0. The van der Waals surface area contributed by atoms with Gasteiger partial charge in [0.25, 0.3) is 5.91 Å². The number of rotatable bonds is 5. The molecule has 5 nitrogen and oxygen atoms in total. The molecular formula is C14H19NO4. The highest BCUT2D eigenvalue weighted by molar-refractivity contribution is 5.93. The van der Waals surface area contributed by atoms with Gasteiger partial charge in [0.2, 0.25) is 0 Å². The number of carbonyl (C=O) groups excluding carboxylic acids is 1. The van der Waals surface area contributed by atoms with E-state index in [0.717, 1.165) is 32.1 Å². The predicted molar refractivity (Wildman–Crippen MR) is 68.8 cm³/mol. The van der Waals surface area contributed by atoms with Gasteiger partial charge in [0.15, 0.2) is 0 Å². The minimum atomic E-state index is -0.792. The van der Waals surface area contributed by atoms with Crippen LogP contribution in [-0.4, -0.2) is 23.5 Å². The molecule has 1 aliphatic carbocycles. The molecule has 0 unspecified atom stereocenters. The van der Waals surface area contributed by atoms with Crippen molar-refractivity contribution in [2.24, 2.45) is 5.41 Å². The smallest absolute Gasteiger partial charge is 0.303 e. The first-order chi connectivity index (χ1) is 9.11. The van der Waals surface area contributed by atoms with E-state index in [4.69, 9.17) is 9.52 Å². The number of carboxylic acid groups (broad SMARTS) is 1. The molecule has 5 heteroatoms. The van der Waals surface area contributed by atoms with E-state index in [9.17, 15) is 9.59 Å². The number of hydrogen-bond acceptors (Lipinski definition) is 3. The standard InChI is InChI=1S/C14H19NO4/c16-12(17)8-14(5-2-1-3-6-14)10-15-13(18)11-4-7-19-9-11/h4,7,9H,1-3,5-6,8,10H2,(H,15,18)(H,16,17). The lowest BCUT2D eigenvalue weighted by Crippen LogP contribution is -2.40. The summed E-state index contributed by atoms with van der Waals surface area (Å²) in [5, 5.41) is 11.9. The summed E-state index contributed by atoms with van der Waals surface area (Å²) in [5.41, 5.74) is 0.185. The van der Waals surface area contributed by atoms with E-state index in [1.54, 1.807) is 6.07 Å². The van der Waals surface area contributed by atoms with Gasteiger partial charge in [-0.15, -0.1) is 0 Å². The maximum atomic E-state index is 11.9. The Morgan fingerprint density at radius 1 is 1.32 bits per heavy atom. The second-order valence-corrected chi connectivity index (χ2v) is 5.33. The van der Waals surface area contributed by atoms with Crippen LogP contribution in [0.2, 0.25) is 0 Å². The van der Waals surface area contributed by atoms with Gasteiger partial charge in [-0.1, -0.05) is 19.3 Å². The molecule has 0 atom stereocenters. The van der Waals surface area contributed by atoms with Crippen LogP contribution in [-0.2, 0) is 4.79 Å². The van der Waals surface area contributed by atoms with Gasteiger partial charge in [0.1, 0.15) is 6.26 Å². The monoisotopic (exact) mass is 265 g/mol. The van der Waals surface area contributed by atoms with E-state index < -0.39 is 5.97 Å². The maximum absolute atomic E-state index is 11.9. The predicted octanol–water partition coefficient (Wildman–Crippen LogP) is 2.43. The third-order valence-electron chi connectivity index (χ3n) is 3.85. The summed E-state index contributed by atoms with van der Waals surface area (Å²) in [7, 11) is 0. The highest BCUT2D eigenvalue weighted by Crippen LogP contribution is 2.38. The van der Waals surface area contributed by atoms with Crippen LogP contribution in [0.5, 0.6) is 0 Å². The summed E-state index contributed by atoms with van der Waals surface area (Å²) in [6.07, 6.45) is 7.91. The van der Waals surface area contributed by atoms with Crippen LogP contribution >= 0.6 is 0 Å². The minimum absolute atomic E-state index is 0.124. The molecule has 1 aromatic heterocycles. The van der Waals surface area contributed by atoms with Crippen molar-refractivity contribution in [3.63, 3.8) is 0 Å². The van der Waals surface area contributed by atoms with E-state index >= 15 is 0 Å². The third kappa shape index (κ3) is 3.59. The lowest BCUT2D eigenvalue weighted by molar-refractivity contribution is -0.140. The van der Waals surface area contributed by atoms with E-state index in [1.165, 1.54) is 12.5 Å². The molecule has 1 aromatic rings. The molecule has 0 spiro atoms. The van der Waals surface area contributed by atoms with Crippen molar-refractivity contribution in [1.29, 1.82) is 0 Å². The fraction of sp³-hybridized carbons (Fsp3) is 0.571. The van der Waals surface area contributed by atoms with Gasteiger partial charge in [-0.05, 0) is 24.3 Å². The molecule has 2 N–H and O–H groups in total. The Hall–Kier alpha value is -1.78. The number of hydrogen-bond donors (Lipinski definition) is 2. The van der Waals surface area contributed by atoms with Crippen LogP contribution in [0.25, 0.3) is 0 Å². The Morgan fingerprint density at radius 2 is 2.05 bits per heavy atom. The second kappa shape index (κ2) is 5.91. The molecule has 0 radical (unpaired) electrons. The molecule has 1 aliphatic rings. The van der Waals surface area contributed by atoms with Crippen molar-refractivity contribution in [2.75, 3.05) is 6.54 Å². The Kier molecular flexibility index (Phi) is 4.24. The number of aliphatic carboxylic acids is 1. The number of furan rings is 1. The zero-order valence-electron chi connectivity index (χ0n) is 10.9. The van der Waals surface area contributed by atoms with Gasteiger partial charge >= 0.3 is 5.97 Å². The fourth-order valence-corrected chi connectivity index (χ4v) is 2.80. The van der Waals surface area contributed by atoms with Crippen molar-refractivity contribution in [3.05, 3.63) is 24.2 Å². The Morgan fingerprint density at radius 3 is 2.63 bits per heavy atom. The zero-order valence-corrected chi connectivity index (χ0v) is 10.9. The maximum Gasteiger partial charge on any atom is 0.303 e. The summed E-state index contributed by atoms with van der Waals surface area (Å²) in [6, 6.07) is 1.60. The van der Waals surface area contributed by atoms with Crippen LogP contribution < -0.4 is 5.32 Å². The molecule has 2 rings (SSSR count). The largest absolute Gasteiger partial charge is 0.481 e. The number of carbonyl (C=O) groups is 2. The molecular weight excluding hydrogens is 246 g/mol. The highest BCUT2D eigenvalue weighted by atomic mass is 16.4. The van der Waals surface area contributed by atoms with Gasteiger partial charge in [0, 0.05) is 6.54 Å². The number of amides is 1. The molecule has 1 heterocycles. The molecule has 19 heavy (non-hydrogen) atoms. The van der Waals surface area contributed by atoms with Gasteiger partial charge in [-0.3, -0.25) is 9.59 Å². The molecule has 0 saturated heterocycles. The second-order valence-electron chi connectivity index (χ2n) is 5.33. The van der Waals surface area contributed by atoms with Gasteiger partial charge in [0.05, 0.1) is 18.2 Å². The van der Waals surface area contributed by atoms with Gasteiger partial charge < -0.3 is 14.8 Å². The van der Waals surface area contributed by atoms with Gasteiger partial charge in [-0.2, -0.15) is 0 Å². The first-order valence-corrected chi connectivity index (χ1v) is 6.64. The Labute approximate surface area is 112 Å². The minimum Gasteiger partial charge on any atom is -0.481 e. The molecule has 104 valence electrons. The van der Waals surface area contributed by atoms with Crippen molar-refractivity contribution < 1.29 is 19.1 Å². The van der Waals surface area contributed by atoms with Crippen LogP contribution in [0.1, 0.15) is 48.9 Å². The topological polar surface area (TPSA) is 79.5 Å². The first kappa shape index (κ1) is 13.6. The lowest BCUT2D eigenvalue weighted by atomic mass is 9.71. The Balaban J connectivity index is 1.96. The van der Waals surface area contributed by atoms with Crippen LogP contribution in [0.4, 0.5) is 0 Å². The molecule has 0 aliphatic heterocycles. The quantitative estimate of drug-likeness (QED) is 0.857. The van der Waals surface area contributed by atoms with Crippen molar-refractivity contribution in [3.8, 4) is 0 Å². The molecule has 0 bridgehead atoms. The SMILES string of the molecule is O=C(O)CC1(CNC(=O)c2ccoc2)CCCCC1. The summed E-state index contributed by atoms with van der Waals surface area (Å²) in [5.74, 6) is -0.997. The summed E-state index contributed by atoms with van der Waals surface area (Å²) in [4.78, 5) is 22.9. The van der Waals surface area contributed by atoms with Crippen molar-refractivity contribution >= 4 is 11.9 Å².